The summed E-state index contributed by atoms with van der Waals surface area (Å²) in [7, 11) is 4.22. The van der Waals surface area contributed by atoms with Gasteiger partial charge in [0.25, 0.3) is 5.91 Å². The number of rotatable bonds is 10. The smallest absolute Gasteiger partial charge is 0.258 e. The molecule has 2 amide bonds. The Hall–Kier alpha value is -2.86. The molecule has 6 nitrogen and oxygen atoms in total. The van der Waals surface area contributed by atoms with Crippen LogP contribution in [0.1, 0.15) is 25.0 Å². The highest BCUT2D eigenvalue weighted by molar-refractivity contribution is 5.88. The molecule has 0 spiro atoms. The van der Waals surface area contributed by atoms with E-state index in [4.69, 9.17) is 4.74 Å². The quantitative estimate of drug-likeness (QED) is 0.563. The van der Waals surface area contributed by atoms with E-state index in [2.05, 4.69) is 36.9 Å². The fourth-order valence-electron chi connectivity index (χ4n) is 2.90. The Morgan fingerprint density at radius 2 is 1.59 bits per heavy atom. The van der Waals surface area contributed by atoms with Crippen molar-refractivity contribution in [2.45, 2.75) is 33.0 Å². The zero-order valence-corrected chi connectivity index (χ0v) is 17.7. The van der Waals surface area contributed by atoms with Gasteiger partial charge in [-0.1, -0.05) is 56.3 Å². The van der Waals surface area contributed by atoms with Crippen molar-refractivity contribution in [1.29, 1.82) is 0 Å². The average Bonchev–Trinajstić information content (AvgIpc) is 2.70. The molecule has 1 atom stereocenters. The topological polar surface area (TPSA) is 71.9 Å². The molecule has 2 aromatic rings. The Kier molecular flexibility index (Phi) is 8.68. The normalized spacial score (nSPS) is 11.9. The Morgan fingerprint density at radius 3 is 2.17 bits per heavy atom. The van der Waals surface area contributed by atoms with Gasteiger partial charge in [-0.15, -0.1) is 0 Å². The maximum atomic E-state index is 12.6. The van der Waals surface area contributed by atoms with E-state index in [0.717, 1.165) is 12.1 Å². The lowest BCUT2D eigenvalue weighted by molar-refractivity contribution is -0.872. The first-order valence-electron chi connectivity index (χ1n) is 9.97. The van der Waals surface area contributed by atoms with Gasteiger partial charge >= 0.3 is 0 Å². The number of quaternary nitrogens is 1. The van der Waals surface area contributed by atoms with E-state index in [1.807, 2.05) is 44.2 Å². The van der Waals surface area contributed by atoms with Crippen LogP contribution < -0.4 is 20.3 Å². The van der Waals surface area contributed by atoms with Crippen LogP contribution in [-0.4, -0.2) is 38.6 Å². The number of nitrogens with one attached hydrogen (secondary N) is 3. The van der Waals surface area contributed by atoms with Crippen molar-refractivity contribution >= 4 is 11.8 Å². The fourth-order valence-corrected chi connectivity index (χ4v) is 2.90. The summed E-state index contributed by atoms with van der Waals surface area (Å²) in [6.07, 6.45) is 0. The number of benzene rings is 2. The van der Waals surface area contributed by atoms with Gasteiger partial charge in [-0.05, 0) is 23.6 Å². The molecule has 2 rings (SSSR count). The van der Waals surface area contributed by atoms with Gasteiger partial charge in [-0.25, -0.2) is 0 Å². The van der Waals surface area contributed by atoms with Gasteiger partial charge in [0.15, 0.2) is 6.61 Å². The number of ether oxygens (including phenoxy) is 1. The van der Waals surface area contributed by atoms with Gasteiger partial charge in [-0.2, -0.15) is 0 Å². The average molecular weight is 399 g/mol. The third-order valence-corrected chi connectivity index (χ3v) is 4.43. The number of para-hydroxylation sites is 1. The van der Waals surface area contributed by atoms with Gasteiger partial charge in [0.05, 0.1) is 14.1 Å². The van der Waals surface area contributed by atoms with Crippen molar-refractivity contribution in [2.75, 3.05) is 20.7 Å². The molecule has 3 N–H and O–H groups in total. The summed E-state index contributed by atoms with van der Waals surface area (Å²) in [5.74, 6) is 0.0572. The number of amides is 2. The van der Waals surface area contributed by atoms with Crippen LogP contribution >= 0.6 is 0 Å². The maximum absolute atomic E-state index is 12.6. The van der Waals surface area contributed by atoms with Crippen molar-refractivity contribution < 1.29 is 19.2 Å². The molecule has 0 saturated carbocycles. The molecule has 0 radical (unpaired) electrons. The van der Waals surface area contributed by atoms with E-state index >= 15 is 0 Å². The second-order valence-electron chi connectivity index (χ2n) is 7.81. The van der Waals surface area contributed by atoms with Gasteiger partial charge in [0.1, 0.15) is 18.3 Å². The molecule has 6 heteroatoms. The SMILES string of the molecule is CC(C)[C@H](NC(=O)COc1ccccc1)C(=O)NCc1ccc(C[NH+](C)C)cc1. The van der Waals surface area contributed by atoms with E-state index in [1.54, 1.807) is 12.1 Å². The first kappa shape index (κ1) is 22.4. The summed E-state index contributed by atoms with van der Waals surface area (Å²) in [6, 6.07) is 16.7. The Balaban J connectivity index is 1.84. The highest BCUT2D eigenvalue weighted by atomic mass is 16.5. The Morgan fingerprint density at radius 1 is 0.966 bits per heavy atom. The van der Waals surface area contributed by atoms with Crippen LogP contribution in [0.3, 0.4) is 0 Å². The molecule has 0 aromatic heterocycles. The van der Waals surface area contributed by atoms with Crippen molar-refractivity contribution in [1.82, 2.24) is 10.6 Å². The van der Waals surface area contributed by atoms with Gasteiger partial charge in [0, 0.05) is 12.1 Å². The lowest BCUT2D eigenvalue weighted by atomic mass is 10.0. The molecule has 0 bridgehead atoms. The summed E-state index contributed by atoms with van der Waals surface area (Å²) in [6.45, 7) is 5.06. The fraction of sp³-hybridized carbons (Fsp3) is 0.391. The minimum absolute atomic E-state index is 0.0406. The van der Waals surface area contributed by atoms with Gasteiger partial charge in [-0.3, -0.25) is 9.59 Å². The highest BCUT2D eigenvalue weighted by Gasteiger charge is 2.24. The van der Waals surface area contributed by atoms with Crippen LogP contribution in [0.15, 0.2) is 54.6 Å². The Labute approximate surface area is 173 Å². The van der Waals surface area contributed by atoms with E-state index in [9.17, 15) is 9.59 Å². The van der Waals surface area contributed by atoms with E-state index in [1.165, 1.54) is 10.5 Å². The minimum atomic E-state index is -0.613. The van der Waals surface area contributed by atoms with Crippen LogP contribution in [0.5, 0.6) is 5.75 Å². The highest BCUT2D eigenvalue weighted by Crippen LogP contribution is 2.09. The molecule has 29 heavy (non-hydrogen) atoms. The monoisotopic (exact) mass is 398 g/mol. The third-order valence-electron chi connectivity index (χ3n) is 4.43. The molecular weight excluding hydrogens is 366 g/mol. The predicted molar refractivity (Wildman–Crippen MR) is 114 cm³/mol. The number of carbonyl (C=O) groups excluding carboxylic acids is 2. The largest absolute Gasteiger partial charge is 0.484 e. The summed E-state index contributed by atoms with van der Waals surface area (Å²) < 4.78 is 5.45. The zero-order chi connectivity index (χ0) is 21.2. The summed E-state index contributed by atoms with van der Waals surface area (Å²) in [5, 5.41) is 5.69. The summed E-state index contributed by atoms with van der Waals surface area (Å²) in [5.41, 5.74) is 2.28. The van der Waals surface area contributed by atoms with E-state index in [-0.39, 0.29) is 24.3 Å². The zero-order valence-electron chi connectivity index (χ0n) is 17.7. The van der Waals surface area contributed by atoms with Crippen LogP contribution in [0.25, 0.3) is 0 Å². The second-order valence-corrected chi connectivity index (χ2v) is 7.81. The van der Waals surface area contributed by atoms with Crippen LogP contribution in [0.2, 0.25) is 0 Å². The molecule has 0 heterocycles. The number of carbonyl (C=O) groups is 2. The molecule has 156 valence electrons. The minimum Gasteiger partial charge on any atom is -0.484 e. The van der Waals surface area contributed by atoms with Gasteiger partial charge < -0.3 is 20.3 Å². The lowest BCUT2D eigenvalue weighted by Crippen LogP contribution is -3.04. The molecule has 0 aliphatic carbocycles. The third kappa shape index (κ3) is 7.95. The molecule has 2 aromatic carbocycles. The summed E-state index contributed by atoms with van der Waals surface area (Å²) in [4.78, 5) is 26.2. The molecule has 0 fully saturated rings. The van der Waals surface area contributed by atoms with Crippen molar-refractivity contribution in [3.8, 4) is 5.75 Å². The van der Waals surface area contributed by atoms with E-state index in [0.29, 0.717) is 12.3 Å². The van der Waals surface area contributed by atoms with Crippen molar-refractivity contribution in [2.24, 2.45) is 5.92 Å². The first-order chi connectivity index (χ1) is 13.8. The lowest BCUT2D eigenvalue weighted by Gasteiger charge is -2.22. The van der Waals surface area contributed by atoms with E-state index < -0.39 is 6.04 Å². The van der Waals surface area contributed by atoms with Crippen molar-refractivity contribution in [3.63, 3.8) is 0 Å². The van der Waals surface area contributed by atoms with Crippen molar-refractivity contribution in [3.05, 3.63) is 65.7 Å². The standard InChI is InChI=1S/C23H31N3O3/c1-17(2)22(25-21(27)16-29-20-8-6-5-7-9-20)23(28)24-14-18-10-12-19(13-11-18)15-26(3)4/h5-13,17,22H,14-16H2,1-4H3,(H,24,28)(H,25,27)/p+1/t22-/m0/s1. The number of hydrogen-bond acceptors (Lipinski definition) is 3. The maximum Gasteiger partial charge on any atom is 0.258 e. The summed E-state index contributed by atoms with van der Waals surface area (Å²) >= 11 is 0. The van der Waals surface area contributed by atoms with Crippen LogP contribution in [0.4, 0.5) is 0 Å². The van der Waals surface area contributed by atoms with Gasteiger partial charge in [0.2, 0.25) is 5.91 Å². The molecule has 0 unspecified atom stereocenters. The molecule has 0 aliphatic heterocycles. The predicted octanol–water partition coefficient (Wildman–Crippen LogP) is 1.17. The molecule has 0 saturated heterocycles. The molecule has 0 aliphatic rings. The molecular formula is C23H32N3O3+. The number of hydrogen-bond donors (Lipinski definition) is 3. The van der Waals surface area contributed by atoms with Crippen LogP contribution in [0, 0.1) is 5.92 Å². The second kappa shape index (κ2) is 11.2. The first-order valence-corrected chi connectivity index (χ1v) is 9.97. The van der Waals surface area contributed by atoms with Crippen LogP contribution in [-0.2, 0) is 22.7 Å². The Bertz CT molecular complexity index is 774.